The van der Waals surface area contributed by atoms with Crippen molar-refractivity contribution in [1.82, 2.24) is 4.98 Å². The van der Waals surface area contributed by atoms with Gasteiger partial charge in [-0.25, -0.2) is 4.98 Å². The lowest BCUT2D eigenvalue weighted by Crippen LogP contribution is -2.35. The predicted molar refractivity (Wildman–Crippen MR) is 93.3 cm³/mol. The molecule has 0 spiro atoms. The van der Waals surface area contributed by atoms with Gasteiger partial charge in [-0.3, -0.25) is 4.79 Å². The zero-order valence-electron chi connectivity index (χ0n) is 13.2. The van der Waals surface area contributed by atoms with Crippen LogP contribution in [0.25, 0.3) is 0 Å². The number of aryl methyl sites for hydroxylation is 1. The molecular formula is C17H21N3O2S. The topological polar surface area (TPSA) is 65.5 Å². The molecule has 0 aromatic carbocycles. The number of carbonyl (C=O) groups excluding carboxylic acids is 1. The summed E-state index contributed by atoms with van der Waals surface area (Å²) < 4.78 is 0. The van der Waals surface area contributed by atoms with Crippen LogP contribution in [0.5, 0.6) is 0 Å². The number of nitrogens with one attached hydrogen (secondary N) is 1. The molecule has 0 bridgehead atoms. The van der Waals surface area contributed by atoms with Gasteiger partial charge in [-0.15, -0.1) is 11.3 Å². The van der Waals surface area contributed by atoms with E-state index in [-0.39, 0.29) is 12.5 Å². The van der Waals surface area contributed by atoms with Gasteiger partial charge >= 0.3 is 0 Å². The molecule has 3 rings (SSSR count). The molecule has 1 saturated heterocycles. The van der Waals surface area contributed by atoms with Crippen LogP contribution in [0.2, 0.25) is 0 Å². The summed E-state index contributed by atoms with van der Waals surface area (Å²) in [6.45, 7) is 3.89. The maximum atomic E-state index is 12.4. The number of rotatable bonds is 4. The van der Waals surface area contributed by atoms with Gasteiger partial charge in [-0.2, -0.15) is 0 Å². The van der Waals surface area contributed by atoms with Crippen LogP contribution < -0.4 is 10.2 Å². The highest BCUT2D eigenvalue weighted by atomic mass is 32.1. The first-order chi connectivity index (χ1) is 11.2. The largest absolute Gasteiger partial charge is 0.396 e. The summed E-state index contributed by atoms with van der Waals surface area (Å²) in [7, 11) is 0. The van der Waals surface area contributed by atoms with Crippen LogP contribution >= 0.6 is 11.3 Å². The fourth-order valence-corrected chi connectivity index (χ4v) is 3.68. The van der Waals surface area contributed by atoms with E-state index in [2.05, 4.69) is 15.2 Å². The van der Waals surface area contributed by atoms with Crippen molar-refractivity contribution in [2.45, 2.75) is 19.8 Å². The summed E-state index contributed by atoms with van der Waals surface area (Å²) in [4.78, 5) is 19.8. The Kier molecular flexibility index (Phi) is 4.93. The van der Waals surface area contributed by atoms with Crippen molar-refractivity contribution in [3.8, 4) is 0 Å². The van der Waals surface area contributed by atoms with Crippen molar-refractivity contribution < 1.29 is 9.90 Å². The van der Waals surface area contributed by atoms with Gasteiger partial charge in [0.1, 0.15) is 0 Å². The minimum absolute atomic E-state index is 0.0861. The van der Waals surface area contributed by atoms with E-state index in [1.165, 1.54) is 11.3 Å². The zero-order chi connectivity index (χ0) is 16.2. The summed E-state index contributed by atoms with van der Waals surface area (Å²) in [5, 5.41) is 14.2. The lowest BCUT2D eigenvalue weighted by atomic mass is 9.98. The van der Waals surface area contributed by atoms with E-state index in [1.807, 2.05) is 30.5 Å². The van der Waals surface area contributed by atoms with Crippen LogP contribution in [0.4, 0.5) is 11.5 Å². The van der Waals surface area contributed by atoms with Crippen LogP contribution in [-0.2, 0) is 0 Å². The number of amides is 1. The van der Waals surface area contributed by atoms with Gasteiger partial charge in [0.15, 0.2) is 5.82 Å². The smallest absolute Gasteiger partial charge is 0.266 e. The summed E-state index contributed by atoms with van der Waals surface area (Å²) in [5.74, 6) is 1.10. The van der Waals surface area contributed by atoms with Crippen LogP contribution in [-0.4, -0.2) is 35.7 Å². The minimum Gasteiger partial charge on any atom is -0.396 e. The first-order valence-electron chi connectivity index (χ1n) is 7.85. The van der Waals surface area contributed by atoms with E-state index in [0.29, 0.717) is 5.92 Å². The maximum absolute atomic E-state index is 12.4. The highest BCUT2D eigenvalue weighted by Gasteiger charge is 2.22. The van der Waals surface area contributed by atoms with E-state index >= 15 is 0 Å². The van der Waals surface area contributed by atoms with Crippen LogP contribution in [0, 0.1) is 12.8 Å². The number of nitrogens with zero attached hydrogens (tertiary/aromatic N) is 2. The Morgan fingerprint density at radius 3 is 2.87 bits per heavy atom. The van der Waals surface area contributed by atoms with Gasteiger partial charge in [-0.05, 0) is 54.8 Å². The molecule has 2 aromatic heterocycles. The molecule has 3 heterocycles. The molecule has 0 aliphatic carbocycles. The van der Waals surface area contributed by atoms with E-state index < -0.39 is 0 Å². The Balaban J connectivity index is 1.76. The van der Waals surface area contributed by atoms with Crippen LogP contribution in [0.15, 0.2) is 29.8 Å². The molecule has 6 heteroatoms. The Bertz CT molecular complexity index is 678. The van der Waals surface area contributed by atoms with Crippen molar-refractivity contribution in [2.75, 3.05) is 29.9 Å². The third-order valence-electron chi connectivity index (χ3n) is 4.28. The van der Waals surface area contributed by atoms with E-state index in [4.69, 9.17) is 0 Å². The van der Waals surface area contributed by atoms with Gasteiger partial charge in [0, 0.05) is 25.9 Å². The molecule has 2 aromatic rings. The molecule has 23 heavy (non-hydrogen) atoms. The monoisotopic (exact) mass is 331 g/mol. The minimum atomic E-state index is -0.0861. The SMILES string of the molecule is Cc1ccsc1C(=O)Nc1cccnc1N1CCC(CO)CC1. The van der Waals surface area contributed by atoms with Crippen molar-refractivity contribution in [1.29, 1.82) is 0 Å². The maximum Gasteiger partial charge on any atom is 0.266 e. The highest BCUT2D eigenvalue weighted by Crippen LogP contribution is 2.28. The Labute approximate surface area is 140 Å². The number of hydrogen-bond acceptors (Lipinski definition) is 5. The number of thiophene rings is 1. The van der Waals surface area contributed by atoms with Crippen LogP contribution in [0.1, 0.15) is 28.1 Å². The fourth-order valence-electron chi connectivity index (χ4n) is 2.86. The molecule has 0 saturated carbocycles. The van der Waals surface area contributed by atoms with Gasteiger partial charge in [0.2, 0.25) is 0 Å². The number of carbonyl (C=O) groups is 1. The van der Waals surface area contributed by atoms with E-state index in [9.17, 15) is 9.90 Å². The molecule has 0 radical (unpaired) electrons. The molecule has 1 aliphatic heterocycles. The van der Waals surface area contributed by atoms with Gasteiger partial charge in [0.05, 0.1) is 10.6 Å². The number of aromatic nitrogens is 1. The van der Waals surface area contributed by atoms with Crippen molar-refractivity contribution in [2.24, 2.45) is 5.92 Å². The number of aliphatic hydroxyl groups excluding tert-OH is 1. The summed E-state index contributed by atoms with van der Waals surface area (Å²) in [5.41, 5.74) is 1.73. The second kappa shape index (κ2) is 7.10. The summed E-state index contributed by atoms with van der Waals surface area (Å²) in [6.07, 6.45) is 3.65. The molecule has 122 valence electrons. The van der Waals surface area contributed by atoms with Gasteiger partial charge < -0.3 is 15.3 Å². The second-order valence-electron chi connectivity index (χ2n) is 5.87. The highest BCUT2D eigenvalue weighted by molar-refractivity contribution is 7.12. The number of aliphatic hydroxyl groups is 1. The third kappa shape index (κ3) is 3.54. The summed E-state index contributed by atoms with van der Waals surface area (Å²) in [6, 6.07) is 5.67. The lowest BCUT2D eigenvalue weighted by molar-refractivity contribution is 0.103. The fraction of sp³-hybridized carbons (Fsp3) is 0.412. The lowest BCUT2D eigenvalue weighted by Gasteiger charge is -2.33. The third-order valence-corrected chi connectivity index (χ3v) is 5.29. The molecule has 0 atom stereocenters. The number of hydrogen-bond donors (Lipinski definition) is 2. The Morgan fingerprint density at radius 2 is 2.22 bits per heavy atom. The van der Waals surface area contributed by atoms with E-state index in [0.717, 1.165) is 47.9 Å². The quantitative estimate of drug-likeness (QED) is 0.904. The Morgan fingerprint density at radius 1 is 1.43 bits per heavy atom. The molecule has 1 aliphatic rings. The zero-order valence-corrected chi connectivity index (χ0v) is 14.0. The van der Waals surface area contributed by atoms with Gasteiger partial charge in [-0.1, -0.05) is 0 Å². The first-order valence-corrected chi connectivity index (χ1v) is 8.73. The second-order valence-corrected chi connectivity index (χ2v) is 6.79. The van der Waals surface area contributed by atoms with Gasteiger partial charge in [0.25, 0.3) is 5.91 Å². The normalized spacial score (nSPS) is 15.7. The molecule has 2 N–H and O–H groups in total. The van der Waals surface area contributed by atoms with Crippen LogP contribution in [0.3, 0.4) is 0 Å². The molecule has 0 unspecified atom stereocenters. The van der Waals surface area contributed by atoms with Crippen molar-refractivity contribution in [3.63, 3.8) is 0 Å². The molecule has 1 fully saturated rings. The molecular weight excluding hydrogens is 310 g/mol. The van der Waals surface area contributed by atoms with Crippen molar-refractivity contribution in [3.05, 3.63) is 40.2 Å². The predicted octanol–water partition coefficient (Wildman–Crippen LogP) is 2.91. The molecule has 1 amide bonds. The van der Waals surface area contributed by atoms with Crippen molar-refractivity contribution >= 4 is 28.7 Å². The average molecular weight is 331 g/mol. The van der Waals surface area contributed by atoms with E-state index in [1.54, 1.807) is 6.20 Å². The number of piperidine rings is 1. The number of anilines is 2. The Hall–Kier alpha value is -1.92. The standard InChI is InChI=1S/C17H21N3O2S/c1-12-6-10-23-15(12)17(22)19-14-3-2-7-18-16(14)20-8-4-13(11-21)5-9-20/h2-3,6-7,10,13,21H,4-5,8-9,11H2,1H3,(H,19,22). The molecule has 5 nitrogen and oxygen atoms in total. The number of pyridine rings is 1. The first kappa shape index (κ1) is 16.0. The summed E-state index contributed by atoms with van der Waals surface area (Å²) >= 11 is 1.45. The average Bonchev–Trinajstić information content (AvgIpc) is 3.02.